The summed E-state index contributed by atoms with van der Waals surface area (Å²) in [6.07, 6.45) is -5.25. The van der Waals surface area contributed by atoms with E-state index in [2.05, 4.69) is 20.3 Å². The summed E-state index contributed by atoms with van der Waals surface area (Å²) in [5.74, 6) is 0.250. The zero-order chi connectivity index (χ0) is 14.3. The average Bonchev–Trinajstić information content (AvgIpc) is 2.34. The van der Waals surface area contributed by atoms with Crippen molar-refractivity contribution in [1.29, 1.82) is 0 Å². The number of methoxy groups -OCH3 is 1. The number of rotatable bonds is 7. The Kier molecular flexibility index (Phi) is 5.58. The topological polar surface area (TPSA) is 69.2 Å². The van der Waals surface area contributed by atoms with E-state index in [-0.39, 0.29) is 31.0 Å². The Hall–Kier alpha value is -1.80. The average molecular weight is 280 g/mol. The van der Waals surface area contributed by atoms with Gasteiger partial charge in [-0.1, -0.05) is 0 Å². The first kappa shape index (κ1) is 15.3. The van der Waals surface area contributed by atoms with Gasteiger partial charge in [0.15, 0.2) is 0 Å². The van der Waals surface area contributed by atoms with E-state index >= 15 is 0 Å². The van der Waals surface area contributed by atoms with Crippen LogP contribution in [0.2, 0.25) is 0 Å². The molecule has 0 aliphatic heterocycles. The third-order valence-electron chi connectivity index (χ3n) is 1.95. The summed E-state index contributed by atoms with van der Waals surface area (Å²) in [5, 5.41) is 2.84. The van der Waals surface area contributed by atoms with Gasteiger partial charge in [0.1, 0.15) is 0 Å². The van der Waals surface area contributed by atoms with Crippen molar-refractivity contribution < 1.29 is 22.6 Å². The normalized spacial score (nSPS) is 11.2. The molecule has 0 saturated heterocycles. The van der Waals surface area contributed by atoms with Crippen LogP contribution in [0.1, 0.15) is 19.8 Å². The van der Waals surface area contributed by atoms with E-state index in [0.717, 1.165) is 0 Å². The Morgan fingerprint density at radius 1 is 1.16 bits per heavy atom. The van der Waals surface area contributed by atoms with Crippen LogP contribution in [0, 0.1) is 0 Å². The van der Waals surface area contributed by atoms with Crippen LogP contribution in [0.25, 0.3) is 0 Å². The second kappa shape index (κ2) is 6.95. The SMILES string of the molecule is CCNc1nc(OC)nc(OCCCC(F)(F)F)n1. The lowest BCUT2D eigenvalue weighted by Crippen LogP contribution is -2.12. The molecule has 0 fully saturated rings. The number of hydrogen-bond acceptors (Lipinski definition) is 6. The number of nitrogens with one attached hydrogen (secondary N) is 1. The van der Waals surface area contributed by atoms with Crippen LogP contribution >= 0.6 is 0 Å². The Labute approximate surface area is 108 Å². The predicted octanol–water partition coefficient (Wildman–Crippen LogP) is 2.03. The lowest BCUT2D eigenvalue weighted by atomic mass is 10.3. The van der Waals surface area contributed by atoms with Crippen LogP contribution < -0.4 is 14.8 Å². The minimum Gasteiger partial charge on any atom is -0.467 e. The van der Waals surface area contributed by atoms with Gasteiger partial charge in [0.25, 0.3) is 0 Å². The van der Waals surface area contributed by atoms with Gasteiger partial charge in [-0.15, -0.1) is 4.98 Å². The zero-order valence-corrected chi connectivity index (χ0v) is 10.6. The van der Waals surface area contributed by atoms with Gasteiger partial charge in [0.2, 0.25) is 5.95 Å². The summed E-state index contributed by atoms with van der Waals surface area (Å²) < 4.78 is 45.7. The second-order valence-corrected chi connectivity index (χ2v) is 3.53. The summed E-state index contributed by atoms with van der Waals surface area (Å²) in [4.78, 5) is 11.6. The molecule has 1 N–H and O–H groups in total. The van der Waals surface area contributed by atoms with Crippen LogP contribution in [-0.2, 0) is 0 Å². The first-order chi connectivity index (χ1) is 8.94. The lowest BCUT2D eigenvalue weighted by Gasteiger charge is -2.09. The predicted molar refractivity (Wildman–Crippen MR) is 61.3 cm³/mol. The van der Waals surface area contributed by atoms with Gasteiger partial charge in [-0.2, -0.15) is 23.1 Å². The molecule has 0 aliphatic carbocycles. The standard InChI is InChI=1S/C10H15F3N4O2/c1-3-14-7-15-8(18-2)17-9(16-7)19-6-4-5-10(11,12)13/h3-6H2,1-2H3,(H,14,15,16,17). The molecule has 0 radical (unpaired) electrons. The Balaban J connectivity index is 2.54. The van der Waals surface area contributed by atoms with E-state index < -0.39 is 12.6 Å². The first-order valence-corrected chi connectivity index (χ1v) is 5.68. The van der Waals surface area contributed by atoms with Crippen molar-refractivity contribution in [3.05, 3.63) is 0 Å². The molecule has 1 rings (SSSR count). The third-order valence-corrected chi connectivity index (χ3v) is 1.95. The number of anilines is 1. The van der Waals surface area contributed by atoms with Gasteiger partial charge in [-0.3, -0.25) is 0 Å². The molecule has 1 aromatic rings. The largest absolute Gasteiger partial charge is 0.467 e. The van der Waals surface area contributed by atoms with E-state index in [1.807, 2.05) is 6.92 Å². The number of nitrogens with zero attached hydrogens (tertiary/aromatic N) is 3. The minimum atomic E-state index is -4.19. The van der Waals surface area contributed by atoms with Crippen molar-refractivity contribution in [2.75, 3.05) is 25.6 Å². The molecular formula is C10H15F3N4O2. The highest BCUT2D eigenvalue weighted by Crippen LogP contribution is 2.21. The minimum absolute atomic E-state index is 0.0387. The van der Waals surface area contributed by atoms with E-state index in [4.69, 9.17) is 9.47 Å². The molecule has 0 aromatic carbocycles. The van der Waals surface area contributed by atoms with Gasteiger partial charge in [0, 0.05) is 13.0 Å². The number of ether oxygens (including phenoxy) is 2. The van der Waals surface area contributed by atoms with Crippen molar-refractivity contribution in [2.24, 2.45) is 0 Å². The van der Waals surface area contributed by atoms with Crippen molar-refractivity contribution in [3.63, 3.8) is 0 Å². The van der Waals surface area contributed by atoms with E-state index in [1.54, 1.807) is 0 Å². The maximum Gasteiger partial charge on any atom is 0.389 e. The molecule has 1 aromatic heterocycles. The molecule has 6 nitrogen and oxygen atoms in total. The molecule has 0 saturated carbocycles. The Morgan fingerprint density at radius 3 is 2.42 bits per heavy atom. The molecule has 0 bridgehead atoms. The number of hydrogen-bond donors (Lipinski definition) is 1. The highest BCUT2D eigenvalue weighted by atomic mass is 19.4. The molecule has 19 heavy (non-hydrogen) atoms. The smallest absolute Gasteiger partial charge is 0.389 e. The van der Waals surface area contributed by atoms with Crippen molar-refractivity contribution in [1.82, 2.24) is 15.0 Å². The van der Waals surface area contributed by atoms with Crippen LogP contribution in [0.5, 0.6) is 12.0 Å². The lowest BCUT2D eigenvalue weighted by molar-refractivity contribution is -0.136. The molecule has 1 heterocycles. The number of alkyl halides is 3. The maximum absolute atomic E-state index is 11.9. The van der Waals surface area contributed by atoms with E-state index in [1.165, 1.54) is 7.11 Å². The fraction of sp³-hybridized carbons (Fsp3) is 0.700. The van der Waals surface area contributed by atoms with Crippen LogP contribution in [0.3, 0.4) is 0 Å². The zero-order valence-electron chi connectivity index (χ0n) is 10.6. The van der Waals surface area contributed by atoms with Crippen molar-refractivity contribution in [3.8, 4) is 12.0 Å². The quantitative estimate of drug-likeness (QED) is 0.771. The second-order valence-electron chi connectivity index (χ2n) is 3.53. The molecule has 108 valence electrons. The van der Waals surface area contributed by atoms with Crippen LogP contribution in [-0.4, -0.2) is 41.4 Å². The molecule has 0 spiro atoms. The summed E-state index contributed by atoms with van der Waals surface area (Å²) >= 11 is 0. The van der Waals surface area contributed by atoms with Gasteiger partial charge in [0.05, 0.1) is 13.7 Å². The Bertz CT molecular complexity index is 401. The molecule has 0 amide bonds. The molecular weight excluding hydrogens is 265 g/mol. The summed E-state index contributed by atoms with van der Waals surface area (Å²) in [5.41, 5.74) is 0. The highest BCUT2D eigenvalue weighted by Gasteiger charge is 2.26. The van der Waals surface area contributed by atoms with Gasteiger partial charge >= 0.3 is 18.2 Å². The third kappa shape index (κ3) is 6.07. The summed E-state index contributed by atoms with van der Waals surface area (Å²) in [7, 11) is 1.37. The van der Waals surface area contributed by atoms with Gasteiger partial charge in [-0.05, 0) is 13.3 Å². The summed E-state index contributed by atoms with van der Waals surface area (Å²) in [6.45, 7) is 2.30. The van der Waals surface area contributed by atoms with Gasteiger partial charge in [-0.25, -0.2) is 0 Å². The van der Waals surface area contributed by atoms with Crippen LogP contribution in [0.15, 0.2) is 0 Å². The highest BCUT2D eigenvalue weighted by molar-refractivity contribution is 5.27. The van der Waals surface area contributed by atoms with Crippen LogP contribution in [0.4, 0.5) is 19.1 Å². The van der Waals surface area contributed by atoms with Crippen molar-refractivity contribution in [2.45, 2.75) is 25.9 Å². The molecule has 0 aliphatic rings. The summed E-state index contributed by atoms with van der Waals surface area (Å²) in [6, 6.07) is -0.0262. The Morgan fingerprint density at radius 2 is 1.84 bits per heavy atom. The number of halogens is 3. The molecule has 0 atom stereocenters. The first-order valence-electron chi connectivity index (χ1n) is 5.68. The monoisotopic (exact) mass is 280 g/mol. The van der Waals surface area contributed by atoms with Gasteiger partial charge < -0.3 is 14.8 Å². The fourth-order valence-electron chi connectivity index (χ4n) is 1.17. The van der Waals surface area contributed by atoms with E-state index in [9.17, 15) is 13.2 Å². The van der Waals surface area contributed by atoms with Crippen molar-refractivity contribution >= 4 is 5.95 Å². The molecule has 0 unspecified atom stereocenters. The number of aromatic nitrogens is 3. The van der Waals surface area contributed by atoms with E-state index in [0.29, 0.717) is 6.54 Å². The fourth-order valence-corrected chi connectivity index (χ4v) is 1.17. The molecule has 9 heteroatoms. The maximum atomic E-state index is 11.9.